The first-order chi connectivity index (χ1) is 19.2. The molecule has 3 unspecified atom stereocenters. The van der Waals surface area contributed by atoms with Crippen molar-refractivity contribution >= 4 is 35.5 Å². The number of aliphatic hydroxyl groups excluding tert-OH is 2. The summed E-state index contributed by atoms with van der Waals surface area (Å²) >= 11 is 5.85. The van der Waals surface area contributed by atoms with Crippen molar-refractivity contribution in [1.82, 2.24) is 4.90 Å². The minimum absolute atomic E-state index is 0.0318. The second-order valence-corrected chi connectivity index (χ2v) is 9.58. The molecular formula is C30H30ClNO8. The Morgan fingerprint density at radius 2 is 1.25 bits per heavy atom. The van der Waals surface area contributed by atoms with Gasteiger partial charge in [-0.25, -0.2) is 19.2 Å². The fourth-order valence-corrected chi connectivity index (χ4v) is 4.08. The molecule has 1 aliphatic rings. The molecule has 0 spiro atoms. The van der Waals surface area contributed by atoms with Crippen molar-refractivity contribution in [1.29, 1.82) is 0 Å². The van der Waals surface area contributed by atoms with Crippen LogP contribution in [0.3, 0.4) is 0 Å². The summed E-state index contributed by atoms with van der Waals surface area (Å²) in [5.74, 6) is -5.27. The molecule has 0 bridgehead atoms. The Bertz CT molecular complexity index is 1210. The monoisotopic (exact) mass is 567 g/mol. The quantitative estimate of drug-likeness (QED) is 0.325. The molecule has 210 valence electrons. The number of carbonyl (C=O) groups is 4. The second-order valence-electron chi connectivity index (χ2n) is 9.15. The molecule has 0 aliphatic carbocycles. The van der Waals surface area contributed by atoms with Gasteiger partial charge in [-0.05, 0) is 74.8 Å². The third-order valence-corrected chi connectivity index (χ3v) is 6.50. The van der Waals surface area contributed by atoms with Crippen LogP contribution >= 0.6 is 11.6 Å². The van der Waals surface area contributed by atoms with Crippen LogP contribution in [0.5, 0.6) is 0 Å². The normalized spacial score (nSPS) is 16.1. The number of hydrogen-bond donors (Lipinski definition) is 2. The molecule has 3 aromatic carbocycles. The zero-order chi connectivity index (χ0) is 29.1. The van der Waals surface area contributed by atoms with Crippen LogP contribution in [0.2, 0.25) is 5.02 Å². The Morgan fingerprint density at radius 1 is 0.800 bits per heavy atom. The first kappa shape index (κ1) is 30.6. The van der Waals surface area contributed by atoms with E-state index in [4.69, 9.17) is 11.6 Å². The van der Waals surface area contributed by atoms with E-state index in [9.17, 15) is 29.4 Å². The van der Waals surface area contributed by atoms with E-state index in [1.165, 1.54) is 73.5 Å². The van der Waals surface area contributed by atoms with Crippen LogP contribution in [-0.2, 0) is 25.5 Å². The Kier molecular flexibility index (Phi) is 11.5. The van der Waals surface area contributed by atoms with Gasteiger partial charge in [-0.3, -0.25) is 0 Å². The third kappa shape index (κ3) is 9.10. The summed E-state index contributed by atoms with van der Waals surface area (Å²) in [5, 5.41) is 20.1. The topological polar surface area (TPSA) is 130 Å². The number of esters is 4. The van der Waals surface area contributed by atoms with E-state index < -0.39 is 36.1 Å². The maximum atomic E-state index is 11.7. The highest BCUT2D eigenvalue weighted by molar-refractivity contribution is 6.30. The standard InChI is InChI=1S/C18H14O8.C12H16ClN/c19-13(17(23)25-15(21)11-7-3-1-4-8-11)14(20)18(24)26-16(22)12-9-5-2-6-10-12;1-14-8-2-3-12(14)9-10-4-6-11(13)7-5-10/h1-10,13-14,19-20H;4-7,12H,2-3,8-9H2,1H3. The molecule has 3 atom stereocenters. The van der Waals surface area contributed by atoms with Crippen molar-refractivity contribution in [2.45, 2.75) is 37.5 Å². The molecule has 10 heteroatoms. The van der Waals surface area contributed by atoms with E-state index in [0.717, 1.165) is 17.5 Å². The van der Waals surface area contributed by atoms with Gasteiger partial charge in [0.25, 0.3) is 0 Å². The number of rotatable bonds is 7. The van der Waals surface area contributed by atoms with E-state index in [0.29, 0.717) is 0 Å². The molecule has 1 saturated heterocycles. The van der Waals surface area contributed by atoms with Gasteiger partial charge < -0.3 is 24.6 Å². The summed E-state index contributed by atoms with van der Waals surface area (Å²) in [7, 11) is 2.22. The molecule has 1 fully saturated rings. The average Bonchev–Trinajstić information content (AvgIpc) is 3.38. The fourth-order valence-electron chi connectivity index (χ4n) is 3.96. The lowest BCUT2D eigenvalue weighted by atomic mass is 10.0. The van der Waals surface area contributed by atoms with Gasteiger partial charge in [-0.1, -0.05) is 60.1 Å². The predicted octanol–water partition coefficient (Wildman–Crippen LogP) is 3.45. The average molecular weight is 568 g/mol. The molecule has 9 nitrogen and oxygen atoms in total. The zero-order valence-corrected chi connectivity index (χ0v) is 22.6. The molecule has 1 aliphatic heterocycles. The van der Waals surface area contributed by atoms with Gasteiger partial charge in [-0.2, -0.15) is 0 Å². The lowest BCUT2D eigenvalue weighted by Crippen LogP contribution is -2.43. The number of halogens is 1. The molecule has 0 saturated carbocycles. The first-order valence-corrected chi connectivity index (χ1v) is 13.0. The predicted molar refractivity (Wildman–Crippen MR) is 147 cm³/mol. The highest BCUT2D eigenvalue weighted by atomic mass is 35.5. The summed E-state index contributed by atoms with van der Waals surface area (Å²) < 4.78 is 8.76. The second kappa shape index (κ2) is 15.0. The van der Waals surface area contributed by atoms with E-state index in [1.54, 1.807) is 12.1 Å². The van der Waals surface area contributed by atoms with Crippen LogP contribution in [-0.4, -0.2) is 70.8 Å². The van der Waals surface area contributed by atoms with Crippen molar-refractivity contribution in [3.63, 3.8) is 0 Å². The highest BCUT2D eigenvalue weighted by Crippen LogP contribution is 2.20. The number of ether oxygens (including phenoxy) is 2. The lowest BCUT2D eigenvalue weighted by Gasteiger charge is -2.19. The van der Waals surface area contributed by atoms with Gasteiger partial charge in [0.2, 0.25) is 0 Å². The van der Waals surface area contributed by atoms with Gasteiger partial charge in [-0.15, -0.1) is 0 Å². The number of aliphatic hydroxyl groups is 2. The molecule has 2 N–H and O–H groups in total. The highest BCUT2D eigenvalue weighted by Gasteiger charge is 2.35. The molecule has 40 heavy (non-hydrogen) atoms. The van der Waals surface area contributed by atoms with Crippen LogP contribution in [0.15, 0.2) is 84.9 Å². The maximum absolute atomic E-state index is 11.7. The van der Waals surface area contributed by atoms with Crippen molar-refractivity contribution in [2.75, 3.05) is 13.6 Å². The first-order valence-electron chi connectivity index (χ1n) is 12.6. The SMILES string of the molecule is CN1CCCC1Cc1ccc(Cl)cc1.O=C(OC(=O)C(O)C(O)C(=O)OC(=O)c1ccccc1)c1ccccc1. The van der Waals surface area contributed by atoms with Crippen LogP contribution in [0, 0.1) is 0 Å². The minimum Gasteiger partial charge on any atom is -0.387 e. The lowest BCUT2D eigenvalue weighted by molar-refractivity contribution is -0.166. The summed E-state index contributed by atoms with van der Waals surface area (Å²) in [6.07, 6.45) is -0.973. The van der Waals surface area contributed by atoms with E-state index in [2.05, 4.69) is 33.6 Å². The molecular weight excluding hydrogens is 538 g/mol. The number of nitrogens with zero attached hydrogens (tertiary/aromatic N) is 1. The fraction of sp³-hybridized carbons (Fsp3) is 0.267. The Morgan fingerprint density at radius 3 is 1.65 bits per heavy atom. The maximum Gasteiger partial charge on any atom is 0.346 e. The van der Waals surface area contributed by atoms with E-state index in [1.807, 2.05) is 12.1 Å². The van der Waals surface area contributed by atoms with Crippen LogP contribution in [0.4, 0.5) is 0 Å². The summed E-state index contributed by atoms with van der Waals surface area (Å²) in [6, 6.07) is 23.8. The van der Waals surface area contributed by atoms with Crippen molar-refractivity contribution < 1.29 is 38.9 Å². The van der Waals surface area contributed by atoms with Gasteiger partial charge in [0.05, 0.1) is 11.1 Å². The molecule has 0 aromatic heterocycles. The van der Waals surface area contributed by atoms with Gasteiger partial charge in [0, 0.05) is 11.1 Å². The van der Waals surface area contributed by atoms with Gasteiger partial charge in [0.15, 0.2) is 12.2 Å². The minimum atomic E-state index is -2.40. The van der Waals surface area contributed by atoms with Crippen LogP contribution in [0.1, 0.15) is 39.1 Å². The van der Waals surface area contributed by atoms with Crippen molar-refractivity contribution in [3.8, 4) is 0 Å². The number of carbonyl (C=O) groups excluding carboxylic acids is 4. The van der Waals surface area contributed by atoms with E-state index in [-0.39, 0.29) is 11.1 Å². The number of likely N-dealkylation sites (N-methyl/N-ethyl adjacent to an activating group) is 1. The van der Waals surface area contributed by atoms with Gasteiger partial charge in [0.1, 0.15) is 0 Å². The Labute approximate surface area is 236 Å². The molecule has 1 heterocycles. The zero-order valence-electron chi connectivity index (χ0n) is 21.8. The van der Waals surface area contributed by atoms with Crippen molar-refractivity contribution in [3.05, 3.63) is 107 Å². The summed E-state index contributed by atoms with van der Waals surface area (Å²) in [4.78, 5) is 49.2. The largest absolute Gasteiger partial charge is 0.387 e. The molecule has 4 rings (SSSR count). The molecule has 0 amide bonds. The smallest absolute Gasteiger partial charge is 0.346 e. The van der Waals surface area contributed by atoms with Gasteiger partial charge >= 0.3 is 23.9 Å². The van der Waals surface area contributed by atoms with Crippen LogP contribution in [0.25, 0.3) is 0 Å². The summed E-state index contributed by atoms with van der Waals surface area (Å²) in [5.41, 5.74) is 1.46. The molecule has 3 aromatic rings. The van der Waals surface area contributed by atoms with Crippen LogP contribution < -0.4 is 0 Å². The Balaban J connectivity index is 0.000000263. The number of benzene rings is 3. The van der Waals surface area contributed by atoms with E-state index >= 15 is 0 Å². The number of hydrogen-bond acceptors (Lipinski definition) is 9. The Hall–Kier alpha value is -3.89. The van der Waals surface area contributed by atoms with Crippen molar-refractivity contribution in [2.24, 2.45) is 0 Å². The third-order valence-electron chi connectivity index (χ3n) is 6.24. The molecule has 0 radical (unpaired) electrons. The summed E-state index contributed by atoms with van der Waals surface area (Å²) in [6.45, 7) is 1.25. The number of likely N-dealkylation sites (tertiary alicyclic amines) is 1.